The SMILES string of the molecule is COC1CCCC(Oc2cc(Br)ncn2)C1. The Labute approximate surface area is 104 Å². The summed E-state index contributed by atoms with van der Waals surface area (Å²) >= 11 is 3.30. The monoisotopic (exact) mass is 286 g/mol. The molecule has 88 valence electrons. The molecule has 1 aliphatic carbocycles. The largest absolute Gasteiger partial charge is 0.474 e. The van der Waals surface area contributed by atoms with Gasteiger partial charge in [0, 0.05) is 19.6 Å². The molecule has 0 aromatic carbocycles. The van der Waals surface area contributed by atoms with Gasteiger partial charge >= 0.3 is 0 Å². The lowest BCUT2D eigenvalue weighted by Gasteiger charge is -2.28. The molecule has 1 aromatic rings. The Bertz CT molecular complexity index is 349. The molecule has 1 fully saturated rings. The van der Waals surface area contributed by atoms with Crippen LogP contribution < -0.4 is 4.74 Å². The smallest absolute Gasteiger partial charge is 0.217 e. The van der Waals surface area contributed by atoms with Gasteiger partial charge in [-0.3, -0.25) is 0 Å². The first-order valence-corrected chi connectivity index (χ1v) is 6.24. The van der Waals surface area contributed by atoms with Crippen LogP contribution in [-0.2, 0) is 4.74 Å². The van der Waals surface area contributed by atoms with Crippen LogP contribution in [0.5, 0.6) is 5.88 Å². The minimum Gasteiger partial charge on any atom is -0.474 e. The van der Waals surface area contributed by atoms with Gasteiger partial charge < -0.3 is 9.47 Å². The first-order valence-electron chi connectivity index (χ1n) is 5.45. The Hall–Kier alpha value is -0.680. The molecule has 1 aromatic heterocycles. The van der Waals surface area contributed by atoms with E-state index in [1.165, 1.54) is 6.33 Å². The summed E-state index contributed by atoms with van der Waals surface area (Å²) < 4.78 is 11.9. The van der Waals surface area contributed by atoms with Crippen LogP contribution in [0.1, 0.15) is 25.7 Å². The van der Waals surface area contributed by atoms with Crippen molar-refractivity contribution in [1.29, 1.82) is 0 Å². The van der Waals surface area contributed by atoms with E-state index in [1.807, 2.05) is 0 Å². The van der Waals surface area contributed by atoms with E-state index in [4.69, 9.17) is 9.47 Å². The standard InChI is InChI=1S/C11H15BrN2O2/c1-15-8-3-2-4-9(5-8)16-11-6-10(12)13-7-14-11/h6-9H,2-5H2,1H3. The summed E-state index contributed by atoms with van der Waals surface area (Å²) in [6.07, 6.45) is 6.32. The predicted octanol–water partition coefficient (Wildman–Crippen LogP) is 2.58. The normalized spacial score (nSPS) is 25.4. The zero-order valence-electron chi connectivity index (χ0n) is 9.23. The second-order valence-electron chi connectivity index (χ2n) is 3.94. The summed E-state index contributed by atoms with van der Waals surface area (Å²) in [4.78, 5) is 8.05. The number of methoxy groups -OCH3 is 1. The van der Waals surface area contributed by atoms with E-state index in [2.05, 4.69) is 25.9 Å². The highest BCUT2D eigenvalue weighted by atomic mass is 79.9. The van der Waals surface area contributed by atoms with Gasteiger partial charge in [0.15, 0.2) is 0 Å². The third-order valence-electron chi connectivity index (χ3n) is 2.81. The molecule has 2 unspecified atom stereocenters. The lowest BCUT2D eigenvalue weighted by Crippen LogP contribution is -2.29. The summed E-state index contributed by atoms with van der Waals surface area (Å²) in [5, 5.41) is 0. The second kappa shape index (κ2) is 5.59. The fourth-order valence-electron chi connectivity index (χ4n) is 1.98. The van der Waals surface area contributed by atoms with Crippen molar-refractivity contribution in [1.82, 2.24) is 9.97 Å². The van der Waals surface area contributed by atoms with Crippen LogP contribution in [0.4, 0.5) is 0 Å². The molecule has 2 rings (SSSR count). The molecule has 0 radical (unpaired) electrons. The molecule has 1 saturated carbocycles. The number of halogens is 1. The molecule has 0 saturated heterocycles. The van der Waals surface area contributed by atoms with Gasteiger partial charge in [-0.15, -0.1) is 0 Å². The molecule has 1 heterocycles. The van der Waals surface area contributed by atoms with Crippen molar-refractivity contribution in [2.45, 2.75) is 37.9 Å². The minimum atomic E-state index is 0.209. The zero-order valence-corrected chi connectivity index (χ0v) is 10.8. The topological polar surface area (TPSA) is 44.2 Å². The van der Waals surface area contributed by atoms with E-state index in [0.29, 0.717) is 12.0 Å². The molecule has 1 aliphatic rings. The average Bonchev–Trinajstić information content (AvgIpc) is 2.29. The molecular formula is C11H15BrN2O2. The fourth-order valence-corrected chi connectivity index (χ4v) is 2.26. The maximum absolute atomic E-state index is 5.81. The maximum Gasteiger partial charge on any atom is 0.217 e. The molecule has 16 heavy (non-hydrogen) atoms. The van der Waals surface area contributed by atoms with Gasteiger partial charge in [-0.1, -0.05) is 0 Å². The van der Waals surface area contributed by atoms with E-state index in [1.54, 1.807) is 13.2 Å². The zero-order chi connectivity index (χ0) is 11.4. The molecule has 0 bridgehead atoms. The van der Waals surface area contributed by atoms with Gasteiger partial charge in [-0.25, -0.2) is 9.97 Å². The molecule has 0 aliphatic heterocycles. The van der Waals surface area contributed by atoms with Gasteiger partial charge in [-0.05, 0) is 35.2 Å². The van der Waals surface area contributed by atoms with Gasteiger partial charge in [0.2, 0.25) is 5.88 Å². The van der Waals surface area contributed by atoms with Crippen molar-refractivity contribution >= 4 is 15.9 Å². The van der Waals surface area contributed by atoms with Crippen LogP contribution in [0.3, 0.4) is 0 Å². The summed E-state index contributed by atoms with van der Waals surface area (Å²) in [6, 6.07) is 1.79. The molecule has 0 N–H and O–H groups in total. The minimum absolute atomic E-state index is 0.209. The quantitative estimate of drug-likeness (QED) is 0.801. The first kappa shape index (κ1) is 11.8. The van der Waals surface area contributed by atoms with E-state index < -0.39 is 0 Å². The Morgan fingerprint density at radius 2 is 2.12 bits per heavy atom. The van der Waals surface area contributed by atoms with Crippen molar-refractivity contribution in [3.05, 3.63) is 17.0 Å². The van der Waals surface area contributed by atoms with E-state index >= 15 is 0 Å². The van der Waals surface area contributed by atoms with Crippen molar-refractivity contribution < 1.29 is 9.47 Å². The van der Waals surface area contributed by atoms with Crippen molar-refractivity contribution in [3.63, 3.8) is 0 Å². The molecule has 5 heteroatoms. The molecule has 2 atom stereocenters. The predicted molar refractivity (Wildman–Crippen MR) is 63.4 cm³/mol. The van der Waals surface area contributed by atoms with E-state index in [-0.39, 0.29) is 6.10 Å². The van der Waals surface area contributed by atoms with Crippen LogP contribution >= 0.6 is 15.9 Å². The number of aromatic nitrogens is 2. The Morgan fingerprint density at radius 1 is 1.31 bits per heavy atom. The van der Waals surface area contributed by atoms with E-state index in [0.717, 1.165) is 30.3 Å². The summed E-state index contributed by atoms with van der Waals surface area (Å²) in [5.74, 6) is 0.628. The van der Waals surface area contributed by atoms with Gasteiger partial charge in [0.1, 0.15) is 17.0 Å². The van der Waals surface area contributed by atoms with Crippen LogP contribution in [-0.4, -0.2) is 29.3 Å². The van der Waals surface area contributed by atoms with Crippen LogP contribution in [0.2, 0.25) is 0 Å². The molecule has 4 nitrogen and oxygen atoms in total. The summed E-state index contributed by atoms with van der Waals surface area (Å²) in [6.45, 7) is 0. The molecule has 0 spiro atoms. The lowest BCUT2D eigenvalue weighted by molar-refractivity contribution is 0.0194. The lowest BCUT2D eigenvalue weighted by atomic mass is 9.95. The van der Waals surface area contributed by atoms with Crippen LogP contribution in [0.25, 0.3) is 0 Å². The number of nitrogens with zero attached hydrogens (tertiary/aromatic N) is 2. The van der Waals surface area contributed by atoms with Crippen molar-refractivity contribution in [3.8, 4) is 5.88 Å². The summed E-state index contributed by atoms with van der Waals surface area (Å²) in [7, 11) is 1.76. The second-order valence-corrected chi connectivity index (χ2v) is 4.76. The number of hydrogen-bond donors (Lipinski definition) is 0. The Balaban J connectivity index is 1.94. The van der Waals surface area contributed by atoms with Gasteiger partial charge in [0.05, 0.1) is 6.10 Å². The Morgan fingerprint density at radius 3 is 2.88 bits per heavy atom. The van der Waals surface area contributed by atoms with Gasteiger partial charge in [-0.2, -0.15) is 0 Å². The number of ether oxygens (including phenoxy) is 2. The fraction of sp³-hybridized carbons (Fsp3) is 0.636. The first-order chi connectivity index (χ1) is 7.78. The maximum atomic E-state index is 5.81. The van der Waals surface area contributed by atoms with Crippen molar-refractivity contribution in [2.75, 3.05) is 7.11 Å². The Kier molecular flexibility index (Phi) is 4.12. The third kappa shape index (κ3) is 3.15. The van der Waals surface area contributed by atoms with Crippen LogP contribution in [0.15, 0.2) is 17.0 Å². The summed E-state index contributed by atoms with van der Waals surface area (Å²) in [5.41, 5.74) is 0. The molecule has 0 amide bonds. The highest BCUT2D eigenvalue weighted by Gasteiger charge is 2.23. The number of hydrogen-bond acceptors (Lipinski definition) is 4. The average molecular weight is 287 g/mol. The van der Waals surface area contributed by atoms with E-state index in [9.17, 15) is 0 Å². The highest BCUT2D eigenvalue weighted by molar-refractivity contribution is 9.10. The van der Waals surface area contributed by atoms with Crippen molar-refractivity contribution in [2.24, 2.45) is 0 Å². The third-order valence-corrected chi connectivity index (χ3v) is 3.24. The number of rotatable bonds is 3. The highest BCUT2D eigenvalue weighted by Crippen LogP contribution is 2.24. The molecular weight excluding hydrogens is 272 g/mol. The van der Waals surface area contributed by atoms with Crippen LogP contribution in [0, 0.1) is 0 Å². The van der Waals surface area contributed by atoms with Gasteiger partial charge in [0.25, 0.3) is 0 Å².